The van der Waals surface area contributed by atoms with Crippen LogP contribution >= 0.6 is 23.2 Å². The van der Waals surface area contributed by atoms with Gasteiger partial charge in [0.1, 0.15) is 0 Å². The van der Waals surface area contributed by atoms with Crippen LogP contribution in [0, 0.1) is 21.7 Å². The van der Waals surface area contributed by atoms with Gasteiger partial charge in [0, 0.05) is 47.4 Å². The van der Waals surface area contributed by atoms with E-state index in [2.05, 4.69) is 0 Å². The lowest BCUT2D eigenvalue weighted by Gasteiger charge is -2.35. The number of benzene rings is 2. The molecule has 10 heteroatoms. The summed E-state index contributed by atoms with van der Waals surface area (Å²) >= 11 is 12.8. The highest BCUT2D eigenvalue weighted by atomic mass is 35.5. The van der Waals surface area contributed by atoms with Crippen LogP contribution in [-0.4, -0.2) is 51.6 Å². The van der Waals surface area contributed by atoms with Crippen molar-refractivity contribution < 1.29 is 16.8 Å². The second kappa shape index (κ2) is 12.7. The Hall–Kier alpha value is -1.16. The van der Waals surface area contributed by atoms with E-state index < -0.39 is 20.0 Å². The number of hydrogen-bond acceptors (Lipinski definition) is 4. The summed E-state index contributed by atoms with van der Waals surface area (Å²) in [4.78, 5) is -0.0825. The highest BCUT2D eigenvalue weighted by Crippen LogP contribution is 2.40. The SMILES string of the molecule is CC(C)(C)CN(CC(C)(C)C)S(=O)(=O)c1cc(Cl)ccc1-c1ccc(Cl)cc1S(=O)(=O)N(CC(C)(C)C)CC(C)(C)C. The number of halogens is 2. The van der Waals surface area contributed by atoms with E-state index in [4.69, 9.17) is 23.2 Å². The minimum absolute atomic E-state index is 0.0412. The molecule has 0 saturated carbocycles. The number of hydrogen-bond donors (Lipinski definition) is 0. The summed E-state index contributed by atoms with van der Waals surface area (Å²) in [6.45, 7) is 24.9. The van der Waals surface area contributed by atoms with Crippen LogP contribution in [0.4, 0.5) is 0 Å². The molecule has 0 atom stereocenters. The largest absolute Gasteiger partial charge is 0.243 e. The lowest BCUT2D eigenvalue weighted by molar-refractivity contribution is 0.222. The maximum Gasteiger partial charge on any atom is 0.243 e. The van der Waals surface area contributed by atoms with Gasteiger partial charge < -0.3 is 0 Å². The fourth-order valence-corrected chi connectivity index (χ4v) is 9.43. The van der Waals surface area contributed by atoms with Gasteiger partial charge in [0.25, 0.3) is 0 Å². The molecule has 2 aromatic rings. The Morgan fingerprint density at radius 2 is 0.738 bits per heavy atom. The first-order valence-corrected chi connectivity index (χ1v) is 17.9. The fourth-order valence-electron chi connectivity index (χ4n) is 4.71. The van der Waals surface area contributed by atoms with Crippen LogP contribution in [0.25, 0.3) is 11.1 Å². The standard InChI is InChI=1S/C32H50Cl2N2O4S2/c1-29(2,3)19-35(20-30(4,5)6)41(37,38)27-17-23(33)13-15-25(27)26-16-14-24(34)18-28(26)42(39,40)36(21-31(7,8)9)22-32(10,11)12/h13-18H,19-22H2,1-12H3. The van der Waals surface area contributed by atoms with E-state index in [1.165, 1.54) is 20.7 Å². The summed E-state index contributed by atoms with van der Waals surface area (Å²) in [5.74, 6) is 0. The second-order valence-electron chi connectivity index (χ2n) is 16.1. The summed E-state index contributed by atoms with van der Waals surface area (Å²) in [6, 6.07) is 9.17. The van der Waals surface area contributed by atoms with E-state index in [1.54, 1.807) is 24.3 Å². The van der Waals surface area contributed by atoms with Gasteiger partial charge in [-0.3, -0.25) is 0 Å². The average Bonchev–Trinajstić information content (AvgIpc) is 2.74. The topological polar surface area (TPSA) is 74.8 Å². The number of sulfonamides is 2. The molecule has 0 aromatic heterocycles. The van der Waals surface area contributed by atoms with Crippen LogP contribution in [0.15, 0.2) is 46.2 Å². The van der Waals surface area contributed by atoms with Crippen molar-refractivity contribution in [3.8, 4) is 11.1 Å². The van der Waals surface area contributed by atoms with Gasteiger partial charge in [0.05, 0.1) is 9.79 Å². The maximum atomic E-state index is 14.5. The van der Waals surface area contributed by atoms with E-state index in [0.717, 1.165) is 0 Å². The minimum atomic E-state index is -4.11. The number of rotatable bonds is 9. The van der Waals surface area contributed by atoms with Crippen molar-refractivity contribution in [2.75, 3.05) is 26.2 Å². The Morgan fingerprint density at radius 3 is 0.952 bits per heavy atom. The predicted octanol–water partition coefficient (Wildman–Crippen LogP) is 8.83. The maximum absolute atomic E-state index is 14.5. The fraction of sp³-hybridized carbons (Fsp3) is 0.625. The van der Waals surface area contributed by atoms with Crippen molar-refractivity contribution in [2.24, 2.45) is 21.7 Å². The van der Waals surface area contributed by atoms with Gasteiger partial charge in [-0.1, -0.05) is 118 Å². The van der Waals surface area contributed by atoms with Gasteiger partial charge in [0.2, 0.25) is 20.0 Å². The Bertz CT molecular complexity index is 1330. The smallest absolute Gasteiger partial charge is 0.207 e. The van der Waals surface area contributed by atoms with Crippen molar-refractivity contribution in [3.05, 3.63) is 46.4 Å². The third-order valence-electron chi connectivity index (χ3n) is 6.02. The molecule has 0 radical (unpaired) electrons. The molecule has 6 nitrogen and oxygen atoms in total. The minimum Gasteiger partial charge on any atom is -0.207 e. The summed E-state index contributed by atoms with van der Waals surface area (Å²) in [5.41, 5.74) is -0.792. The molecule has 0 N–H and O–H groups in total. The molecule has 0 amide bonds. The zero-order valence-corrected chi connectivity index (χ0v) is 30.5. The third-order valence-corrected chi connectivity index (χ3v) is 10.1. The predicted molar refractivity (Wildman–Crippen MR) is 177 cm³/mol. The van der Waals surface area contributed by atoms with Crippen molar-refractivity contribution in [1.82, 2.24) is 8.61 Å². The molecule has 2 aromatic carbocycles. The zero-order valence-electron chi connectivity index (χ0n) is 27.4. The van der Waals surface area contributed by atoms with Crippen molar-refractivity contribution in [1.29, 1.82) is 0 Å². The molecule has 0 aliphatic rings. The Kier molecular flexibility index (Phi) is 11.2. The molecule has 0 spiro atoms. The molecule has 0 aliphatic carbocycles. The van der Waals surface area contributed by atoms with Crippen molar-refractivity contribution in [2.45, 2.75) is 92.9 Å². The van der Waals surface area contributed by atoms with Crippen LogP contribution in [0.3, 0.4) is 0 Å². The summed E-state index contributed by atoms with van der Waals surface area (Å²) in [7, 11) is -8.22. The van der Waals surface area contributed by atoms with Gasteiger partial charge >= 0.3 is 0 Å². The van der Waals surface area contributed by atoms with Gasteiger partial charge in [0.15, 0.2) is 0 Å². The average molecular weight is 662 g/mol. The summed E-state index contributed by atoms with van der Waals surface area (Å²) < 4.78 is 60.8. The van der Waals surface area contributed by atoms with Gasteiger partial charge in [-0.2, -0.15) is 8.61 Å². The van der Waals surface area contributed by atoms with Gasteiger partial charge in [-0.05, 0) is 45.9 Å². The molecule has 0 aliphatic heterocycles. The molecule has 0 bridgehead atoms. The molecule has 2 rings (SSSR count). The summed E-state index contributed by atoms with van der Waals surface area (Å²) in [5, 5.41) is 0.480. The van der Waals surface area contributed by atoms with Crippen LogP contribution in [0.2, 0.25) is 10.0 Å². The van der Waals surface area contributed by atoms with E-state index in [-0.39, 0.29) is 78.8 Å². The van der Waals surface area contributed by atoms with Crippen molar-refractivity contribution in [3.63, 3.8) is 0 Å². The Labute approximate surface area is 265 Å². The van der Waals surface area contributed by atoms with E-state index in [1.807, 2.05) is 83.1 Å². The second-order valence-corrected chi connectivity index (χ2v) is 20.8. The highest BCUT2D eigenvalue weighted by molar-refractivity contribution is 7.89. The molecular formula is C32H50Cl2N2O4S2. The molecule has 42 heavy (non-hydrogen) atoms. The molecule has 0 saturated heterocycles. The van der Waals surface area contributed by atoms with E-state index in [9.17, 15) is 16.8 Å². The number of nitrogens with zero attached hydrogens (tertiary/aromatic N) is 2. The highest BCUT2D eigenvalue weighted by Gasteiger charge is 2.37. The van der Waals surface area contributed by atoms with Gasteiger partial charge in [-0.15, -0.1) is 0 Å². The first kappa shape index (κ1) is 37.0. The zero-order chi connectivity index (χ0) is 32.7. The molecule has 0 fully saturated rings. The lowest BCUT2D eigenvalue weighted by atomic mass is 9.93. The monoisotopic (exact) mass is 660 g/mol. The summed E-state index contributed by atoms with van der Waals surface area (Å²) in [6.07, 6.45) is 0. The van der Waals surface area contributed by atoms with Crippen LogP contribution < -0.4 is 0 Å². The van der Waals surface area contributed by atoms with Crippen LogP contribution in [0.1, 0.15) is 83.1 Å². The van der Waals surface area contributed by atoms with Crippen molar-refractivity contribution >= 4 is 43.2 Å². The first-order chi connectivity index (χ1) is 18.6. The Morgan fingerprint density at radius 1 is 0.500 bits per heavy atom. The van der Waals surface area contributed by atoms with E-state index >= 15 is 0 Å². The first-order valence-electron chi connectivity index (χ1n) is 14.2. The lowest BCUT2D eigenvalue weighted by Crippen LogP contribution is -2.43. The van der Waals surface area contributed by atoms with Crippen LogP contribution in [-0.2, 0) is 20.0 Å². The normalized spacial score (nSPS) is 14.2. The third kappa shape index (κ3) is 10.5. The molecular weight excluding hydrogens is 611 g/mol. The van der Waals surface area contributed by atoms with Crippen LogP contribution in [0.5, 0.6) is 0 Å². The Balaban J connectivity index is 2.92. The van der Waals surface area contributed by atoms with Gasteiger partial charge in [-0.25, -0.2) is 16.8 Å². The molecule has 0 unspecified atom stereocenters. The molecule has 238 valence electrons. The van der Waals surface area contributed by atoms with E-state index in [0.29, 0.717) is 0 Å². The molecule has 0 heterocycles. The quantitative estimate of drug-likeness (QED) is 0.269.